The van der Waals surface area contributed by atoms with Gasteiger partial charge in [0.25, 0.3) is 0 Å². The summed E-state index contributed by atoms with van der Waals surface area (Å²) in [5, 5.41) is 0. The maximum absolute atomic E-state index is 11.4. The quantitative estimate of drug-likeness (QED) is 0.670. The van der Waals surface area contributed by atoms with Gasteiger partial charge in [0, 0.05) is 19.1 Å². The molecule has 15 heavy (non-hydrogen) atoms. The number of hydrogen-bond donors (Lipinski definition) is 0. The molecule has 3 nitrogen and oxygen atoms in total. The summed E-state index contributed by atoms with van der Waals surface area (Å²) in [5.41, 5.74) is 0. The van der Waals surface area contributed by atoms with Crippen LogP contribution in [-0.4, -0.2) is 44.0 Å². The zero-order valence-electron chi connectivity index (χ0n) is 9.65. The Morgan fingerprint density at radius 1 is 1.53 bits per heavy atom. The summed E-state index contributed by atoms with van der Waals surface area (Å²) >= 11 is 0. The van der Waals surface area contributed by atoms with Gasteiger partial charge >= 0.3 is 0 Å². The van der Waals surface area contributed by atoms with Crippen molar-refractivity contribution in [3.05, 3.63) is 12.7 Å². The van der Waals surface area contributed by atoms with E-state index in [1.165, 1.54) is 0 Å². The molecule has 0 aliphatic carbocycles. The molecule has 1 fully saturated rings. The van der Waals surface area contributed by atoms with Crippen molar-refractivity contribution in [3.63, 3.8) is 0 Å². The summed E-state index contributed by atoms with van der Waals surface area (Å²) in [6, 6.07) is 0.204. The van der Waals surface area contributed by atoms with Crippen LogP contribution >= 0.6 is 0 Å². The van der Waals surface area contributed by atoms with Crippen LogP contribution in [0.25, 0.3) is 0 Å². The number of sulfone groups is 1. The van der Waals surface area contributed by atoms with Crippen molar-refractivity contribution in [1.29, 1.82) is 0 Å². The summed E-state index contributed by atoms with van der Waals surface area (Å²) < 4.78 is 22.8. The molecule has 0 aromatic rings. The minimum absolute atomic E-state index is 0.204. The van der Waals surface area contributed by atoms with E-state index in [1.807, 2.05) is 6.08 Å². The van der Waals surface area contributed by atoms with Crippen LogP contribution in [0, 0.1) is 5.92 Å². The molecule has 1 unspecified atom stereocenters. The Bertz CT molecular complexity index is 309. The van der Waals surface area contributed by atoms with Gasteiger partial charge in [-0.3, -0.25) is 4.90 Å². The van der Waals surface area contributed by atoms with Gasteiger partial charge in [0.15, 0.2) is 9.84 Å². The highest BCUT2D eigenvalue weighted by atomic mass is 32.2. The van der Waals surface area contributed by atoms with Gasteiger partial charge in [-0.15, -0.1) is 6.58 Å². The lowest BCUT2D eigenvalue weighted by Crippen LogP contribution is -2.38. The molecule has 0 radical (unpaired) electrons. The molecule has 1 saturated heterocycles. The maximum Gasteiger partial charge on any atom is 0.151 e. The van der Waals surface area contributed by atoms with Crippen LogP contribution in [-0.2, 0) is 9.84 Å². The lowest BCUT2D eigenvalue weighted by Gasteiger charge is -2.28. The third-order valence-corrected chi connectivity index (χ3v) is 4.44. The summed E-state index contributed by atoms with van der Waals surface area (Å²) in [6.45, 7) is 9.77. The predicted molar refractivity (Wildman–Crippen MR) is 63.7 cm³/mol. The summed E-state index contributed by atoms with van der Waals surface area (Å²) in [5.74, 6) is 1.24. The second-order valence-electron chi connectivity index (χ2n) is 4.69. The smallest absolute Gasteiger partial charge is 0.151 e. The van der Waals surface area contributed by atoms with Crippen LogP contribution < -0.4 is 0 Å². The van der Waals surface area contributed by atoms with Crippen molar-refractivity contribution in [2.75, 3.05) is 24.6 Å². The molecule has 1 aliphatic heterocycles. The van der Waals surface area contributed by atoms with E-state index in [2.05, 4.69) is 25.3 Å². The van der Waals surface area contributed by atoms with Crippen LogP contribution in [0.5, 0.6) is 0 Å². The molecule has 0 bridgehead atoms. The van der Waals surface area contributed by atoms with E-state index in [9.17, 15) is 8.42 Å². The van der Waals surface area contributed by atoms with E-state index < -0.39 is 9.84 Å². The van der Waals surface area contributed by atoms with E-state index >= 15 is 0 Å². The van der Waals surface area contributed by atoms with Crippen LogP contribution in [0.2, 0.25) is 0 Å². The van der Waals surface area contributed by atoms with Crippen LogP contribution in [0.4, 0.5) is 0 Å². The average molecular weight is 231 g/mol. The van der Waals surface area contributed by atoms with Crippen molar-refractivity contribution >= 4 is 9.84 Å². The molecule has 0 spiro atoms. The second kappa shape index (κ2) is 5.12. The Balaban J connectivity index is 2.61. The summed E-state index contributed by atoms with van der Waals surface area (Å²) in [6.07, 6.45) is 2.64. The van der Waals surface area contributed by atoms with Gasteiger partial charge in [-0.25, -0.2) is 8.42 Å². The Kier molecular flexibility index (Phi) is 4.34. The molecule has 1 rings (SSSR count). The van der Waals surface area contributed by atoms with Gasteiger partial charge < -0.3 is 0 Å². The number of rotatable bonds is 5. The first-order valence-electron chi connectivity index (χ1n) is 5.50. The molecule has 0 saturated carbocycles. The lowest BCUT2D eigenvalue weighted by atomic mass is 10.1. The third-order valence-electron chi connectivity index (χ3n) is 2.69. The minimum atomic E-state index is -2.77. The number of hydrogen-bond acceptors (Lipinski definition) is 3. The molecule has 0 aromatic heterocycles. The molecule has 4 heteroatoms. The molecule has 0 N–H and O–H groups in total. The van der Waals surface area contributed by atoms with Crippen LogP contribution in [0.3, 0.4) is 0 Å². The highest BCUT2D eigenvalue weighted by Gasteiger charge is 2.31. The molecule has 1 heterocycles. The van der Waals surface area contributed by atoms with Crippen molar-refractivity contribution in [1.82, 2.24) is 4.90 Å². The van der Waals surface area contributed by atoms with Crippen molar-refractivity contribution < 1.29 is 8.42 Å². The second-order valence-corrected chi connectivity index (χ2v) is 6.92. The van der Waals surface area contributed by atoms with E-state index in [1.54, 1.807) is 0 Å². The molecular formula is C11H21NO2S. The van der Waals surface area contributed by atoms with Crippen LogP contribution in [0.15, 0.2) is 12.7 Å². The average Bonchev–Trinajstić information content (AvgIpc) is 2.44. The zero-order chi connectivity index (χ0) is 11.5. The standard InChI is InChI=1S/C11H21NO2S/c1-4-6-12(8-10(2)3)11-5-7-15(13,14)9-11/h4,10-11H,1,5-9H2,2-3H3. The van der Waals surface area contributed by atoms with Gasteiger partial charge in [0.05, 0.1) is 11.5 Å². The van der Waals surface area contributed by atoms with E-state index in [4.69, 9.17) is 0 Å². The maximum atomic E-state index is 11.4. The summed E-state index contributed by atoms with van der Waals surface area (Å²) in [7, 11) is -2.77. The molecule has 1 atom stereocenters. The van der Waals surface area contributed by atoms with E-state index in [0.29, 0.717) is 17.4 Å². The fourth-order valence-electron chi connectivity index (χ4n) is 2.07. The fraction of sp³-hybridized carbons (Fsp3) is 0.818. The van der Waals surface area contributed by atoms with Gasteiger partial charge in [-0.1, -0.05) is 19.9 Å². The van der Waals surface area contributed by atoms with Gasteiger partial charge in [-0.2, -0.15) is 0 Å². The Labute approximate surface area is 93.1 Å². The monoisotopic (exact) mass is 231 g/mol. The first kappa shape index (κ1) is 12.7. The zero-order valence-corrected chi connectivity index (χ0v) is 10.5. The van der Waals surface area contributed by atoms with Gasteiger partial charge in [-0.05, 0) is 12.3 Å². The fourth-order valence-corrected chi connectivity index (χ4v) is 3.83. The Morgan fingerprint density at radius 3 is 2.60 bits per heavy atom. The van der Waals surface area contributed by atoms with Crippen molar-refractivity contribution in [2.45, 2.75) is 26.3 Å². The van der Waals surface area contributed by atoms with E-state index in [0.717, 1.165) is 19.5 Å². The Morgan fingerprint density at radius 2 is 2.20 bits per heavy atom. The first-order valence-corrected chi connectivity index (χ1v) is 7.32. The molecular weight excluding hydrogens is 210 g/mol. The van der Waals surface area contributed by atoms with Crippen LogP contribution in [0.1, 0.15) is 20.3 Å². The van der Waals surface area contributed by atoms with Crippen molar-refractivity contribution in [3.8, 4) is 0 Å². The Hall–Kier alpha value is -0.350. The highest BCUT2D eigenvalue weighted by molar-refractivity contribution is 7.91. The largest absolute Gasteiger partial charge is 0.295 e. The minimum Gasteiger partial charge on any atom is -0.295 e. The normalized spacial score (nSPS) is 24.9. The lowest BCUT2D eigenvalue weighted by molar-refractivity contribution is 0.210. The molecule has 88 valence electrons. The van der Waals surface area contributed by atoms with E-state index in [-0.39, 0.29) is 6.04 Å². The topological polar surface area (TPSA) is 37.4 Å². The third kappa shape index (κ3) is 3.95. The van der Waals surface area contributed by atoms with Gasteiger partial charge in [0.2, 0.25) is 0 Å². The molecule has 0 amide bonds. The van der Waals surface area contributed by atoms with Gasteiger partial charge in [0.1, 0.15) is 0 Å². The number of nitrogens with zero attached hydrogens (tertiary/aromatic N) is 1. The SMILES string of the molecule is C=CCN(CC(C)C)C1CCS(=O)(=O)C1. The highest BCUT2D eigenvalue weighted by Crippen LogP contribution is 2.18. The molecule has 0 aromatic carbocycles. The summed E-state index contributed by atoms with van der Waals surface area (Å²) in [4.78, 5) is 2.24. The van der Waals surface area contributed by atoms with Crippen molar-refractivity contribution in [2.24, 2.45) is 5.92 Å². The predicted octanol–water partition coefficient (Wildman–Crippen LogP) is 1.32. The first-order chi connectivity index (χ1) is 6.94. The molecule has 1 aliphatic rings.